The summed E-state index contributed by atoms with van der Waals surface area (Å²) < 4.78 is 1.61. The maximum Gasteiger partial charge on any atom is 0.144 e. The van der Waals surface area contributed by atoms with Crippen molar-refractivity contribution in [2.24, 2.45) is 0 Å². The molecule has 0 spiro atoms. The molecule has 20 heavy (non-hydrogen) atoms. The highest BCUT2D eigenvalue weighted by Crippen LogP contribution is 2.36. The number of aromatic amines is 1. The standard InChI is InChI=1S/C15H16BrN3S/c16-13-14(10-5-1-2-6-10)18-12(19-15(13)20)9-11-7-3-4-8-17-11/h3-4,7-8,10H,1-2,5-6,9H2,(H,18,19,20). The van der Waals surface area contributed by atoms with Gasteiger partial charge in [-0.15, -0.1) is 0 Å². The Balaban J connectivity index is 1.94. The number of pyridine rings is 1. The Hall–Kier alpha value is -1.07. The van der Waals surface area contributed by atoms with Crippen molar-refractivity contribution in [3.8, 4) is 0 Å². The molecule has 1 aliphatic rings. The van der Waals surface area contributed by atoms with E-state index in [2.05, 4.69) is 30.9 Å². The van der Waals surface area contributed by atoms with E-state index >= 15 is 0 Å². The van der Waals surface area contributed by atoms with E-state index < -0.39 is 0 Å². The molecule has 2 aromatic rings. The van der Waals surface area contributed by atoms with Crippen LogP contribution in [0.2, 0.25) is 0 Å². The van der Waals surface area contributed by atoms with Crippen LogP contribution in [0.3, 0.4) is 0 Å². The Labute approximate surface area is 132 Å². The van der Waals surface area contributed by atoms with Crippen molar-refractivity contribution in [2.45, 2.75) is 38.0 Å². The fourth-order valence-corrected chi connectivity index (χ4v) is 3.51. The van der Waals surface area contributed by atoms with Gasteiger partial charge >= 0.3 is 0 Å². The van der Waals surface area contributed by atoms with Crippen LogP contribution in [0.5, 0.6) is 0 Å². The lowest BCUT2D eigenvalue weighted by Gasteiger charge is -2.14. The lowest BCUT2D eigenvalue weighted by atomic mass is 10.0. The molecule has 3 rings (SSSR count). The number of H-pyrrole nitrogens is 1. The van der Waals surface area contributed by atoms with Crippen LogP contribution in [0.1, 0.15) is 48.8 Å². The van der Waals surface area contributed by atoms with Gasteiger partial charge in [0.15, 0.2) is 0 Å². The van der Waals surface area contributed by atoms with Crippen molar-refractivity contribution in [1.82, 2.24) is 15.0 Å². The van der Waals surface area contributed by atoms with E-state index in [-0.39, 0.29) is 0 Å². The number of halogens is 1. The summed E-state index contributed by atoms with van der Waals surface area (Å²) in [5.74, 6) is 1.48. The van der Waals surface area contributed by atoms with Crippen molar-refractivity contribution >= 4 is 28.1 Å². The molecular weight excluding hydrogens is 334 g/mol. The molecule has 0 aromatic carbocycles. The second-order valence-corrected chi connectivity index (χ2v) is 6.38. The lowest BCUT2D eigenvalue weighted by Crippen LogP contribution is -2.06. The molecule has 0 amide bonds. The molecule has 0 unspecified atom stereocenters. The van der Waals surface area contributed by atoms with Gasteiger partial charge < -0.3 is 4.98 Å². The Morgan fingerprint density at radius 2 is 2.10 bits per heavy atom. The van der Waals surface area contributed by atoms with Crippen LogP contribution in [0.15, 0.2) is 28.9 Å². The zero-order valence-electron chi connectivity index (χ0n) is 11.1. The topological polar surface area (TPSA) is 41.6 Å². The lowest BCUT2D eigenvalue weighted by molar-refractivity contribution is 0.679. The van der Waals surface area contributed by atoms with E-state index in [0.29, 0.717) is 17.0 Å². The number of hydrogen-bond acceptors (Lipinski definition) is 3. The molecule has 1 aliphatic carbocycles. The van der Waals surface area contributed by atoms with Crippen molar-refractivity contribution < 1.29 is 0 Å². The molecular formula is C15H16BrN3S. The molecule has 2 aromatic heterocycles. The first-order valence-electron chi connectivity index (χ1n) is 6.92. The summed E-state index contributed by atoms with van der Waals surface area (Å²) in [6, 6.07) is 5.92. The minimum Gasteiger partial charge on any atom is -0.346 e. The Kier molecular flexibility index (Phi) is 4.27. The zero-order valence-corrected chi connectivity index (χ0v) is 13.5. The Morgan fingerprint density at radius 1 is 1.30 bits per heavy atom. The highest BCUT2D eigenvalue weighted by Gasteiger charge is 2.21. The predicted molar refractivity (Wildman–Crippen MR) is 85.4 cm³/mol. The number of hydrogen-bond donors (Lipinski definition) is 1. The number of aromatic nitrogens is 3. The molecule has 0 radical (unpaired) electrons. The second kappa shape index (κ2) is 6.14. The first-order chi connectivity index (χ1) is 9.74. The molecule has 1 saturated carbocycles. The largest absolute Gasteiger partial charge is 0.346 e. The highest BCUT2D eigenvalue weighted by molar-refractivity contribution is 9.10. The van der Waals surface area contributed by atoms with Crippen molar-refractivity contribution in [1.29, 1.82) is 0 Å². The number of rotatable bonds is 3. The fourth-order valence-electron chi connectivity index (χ4n) is 2.78. The molecule has 0 bridgehead atoms. The molecule has 1 fully saturated rings. The van der Waals surface area contributed by atoms with Crippen LogP contribution in [0, 0.1) is 4.64 Å². The van der Waals surface area contributed by atoms with E-state index in [9.17, 15) is 0 Å². The summed E-state index contributed by atoms with van der Waals surface area (Å²) in [5, 5.41) is 0. The molecule has 0 saturated heterocycles. The number of nitrogens with one attached hydrogen (secondary N) is 1. The summed E-state index contributed by atoms with van der Waals surface area (Å²) >= 11 is 8.98. The van der Waals surface area contributed by atoms with E-state index in [1.165, 1.54) is 31.4 Å². The Bertz CT molecular complexity index is 648. The molecule has 5 heteroatoms. The second-order valence-electron chi connectivity index (χ2n) is 5.20. The van der Waals surface area contributed by atoms with Gasteiger partial charge in [-0.25, -0.2) is 4.98 Å². The maximum atomic E-state index is 5.38. The van der Waals surface area contributed by atoms with Crippen LogP contribution < -0.4 is 0 Å². The fraction of sp³-hybridized carbons (Fsp3) is 0.400. The van der Waals surface area contributed by atoms with E-state index in [4.69, 9.17) is 12.2 Å². The molecule has 104 valence electrons. The molecule has 1 N–H and O–H groups in total. The average molecular weight is 350 g/mol. The summed E-state index contributed by atoms with van der Waals surface area (Å²) in [4.78, 5) is 12.3. The first kappa shape index (κ1) is 13.9. The van der Waals surface area contributed by atoms with Gasteiger partial charge in [-0.3, -0.25) is 4.98 Å². The SMILES string of the molecule is S=c1nc(Cc2ccccn2)[nH]c(C2CCCC2)c1Br. The van der Waals surface area contributed by atoms with Crippen LogP contribution in [-0.4, -0.2) is 15.0 Å². The van der Waals surface area contributed by atoms with Gasteiger partial charge in [-0.1, -0.05) is 31.1 Å². The third-order valence-corrected chi connectivity index (χ3v) is 5.14. The Morgan fingerprint density at radius 3 is 2.80 bits per heavy atom. The normalized spacial score (nSPS) is 15.7. The monoisotopic (exact) mass is 349 g/mol. The van der Waals surface area contributed by atoms with Gasteiger partial charge in [0.2, 0.25) is 0 Å². The summed E-state index contributed by atoms with van der Waals surface area (Å²) in [6.45, 7) is 0. The third-order valence-electron chi connectivity index (χ3n) is 3.78. The minimum atomic E-state index is 0.580. The van der Waals surface area contributed by atoms with Gasteiger partial charge in [-0.05, 0) is 40.9 Å². The molecule has 2 heterocycles. The van der Waals surface area contributed by atoms with E-state index in [1.54, 1.807) is 6.20 Å². The predicted octanol–water partition coefficient (Wildman–Crippen LogP) is 4.55. The van der Waals surface area contributed by atoms with Crippen molar-refractivity contribution in [3.05, 3.63) is 50.7 Å². The maximum absolute atomic E-state index is 5.38. The van der Waals surface area contributed by atoms with E-state index in [1.807, 2.05) is 18.2 Å². The molecule has 0 atom stereocenters. The molecule has 0 aliphatic heterocycles. The highest BCUT2D eigenvalue weighted by atomic mass is 79.9. The van der Waals surface area contributed by atoms with Crippen LogP contribution in [0.4, 0.5) is 0 Å². The zero-order chi connectivity index (χ0) is 13.9. The third kappa shape index (κ3) is 2.99. The van der Waals surface area contributed by atoms with Gasteiger partial charge in [-0.2, -0.15) is 0 Å². The van der Waals surface area contributed by atoms with Gasteiger partial charge in [0.05, 0.1) is 4.47 Å². The minimum absolute atomic E-state index is 0.580. The van der Waals surface area contributed by atoms with Crippen molar-refractivity contribution in [3.63, 3.8) is 0 Å². The smallest absolute Gasteiger partial charge is 0.144 e. The van der Waals surface area contributed by atoms with E-state index in [0.717, 1.165) is 16.0 Å². The van der Waals surface area contributed by atoms with Crippen LogP contribution in [-0.2, 0) is 6.42 Å². The van der Waals surface area contributed by atoms with Gasteiger partial charge in [0, 0.05) is 29.9 Å². The summed E-state index contributed by atoms with van der Waals surface area (Å²) in [6.07, 6.45) is 7.57. The quantitative estimate of drug-likeness (QED) is 0.826. The number of nitrogens with zero attached hydrogens (tertiary/aromatic N) is 2. The van der Waals surface area contributed by atoms with Crippen molar-refractivity contribution in [2.75, 3.05) is 0 Å². The summed E-state index contributed by atoms with van der Waals surface area (Å²) in [7, 11) is 0. The van der Waals surface area contributed by atoms with Crippen LogP contribution in [0.25, 0.3) is 0 Å². The van der Waals surface area contributed by atoms with Gasteiger partial charge in [0.1, 0.15) is 10.5 Å². The summed E-state index contributed by atoms with van der Waals surface area (Å²) in [5.41, 5.74) is 2.22. The average Bonchev–Trinajstić information content (AvgIpc) is 2.98. The van der Waals surface area contributed by atoms with Crippen LogP contribution >= 0.6 is 28.1 Å². The molecule has 3 nitrogen and oxygen atoms in total. The first-order valence-corrected chi connectivity index (χ1v) is 8.12. The van der Waals surface area contributed by atoms with Gasteiger partial charge in [0.25, 0.3) is 0 Å².